The van der Waals surface area contributed by atoms with Gasteiger partial charge >= 0.3 is 11.9 Å². The molecule has 0 heterocycles. The number of esters is 2. The van der Waals surface area contributed by atoms with Crippen molar-refractivity contribution in [1.29, 1.82) is 0 Å². The molecule has 0 bridgehead atoms. The van der Waals surface area contributed by atoms with Gasteiger partial charge in [0.25, 0.3) is 0 Å². The maximum atomic E-state index is 11.7. The van der Waals surface area contributed by atoms with Gasteiger partial charge in [-0.2, -0.15) is 0 Å². The molecule has 0 aromatic carbocycles. The molecule has 20 heavy (non-hydrogen) atoms. The minimum absolute atomic E-state index is 0.0720. The lowest BCUT2D eigenvalue weighted by molar-refractivity contribution is -0.148. The lowest BCUT2D eigenvalue weighted by Crippen LogP contribution is -2.18. The minimum atomic E-state index is -0.416. The summed E-state index contributed by atoms with van der Waals surface area (Å²) in [6.07, 6.45) is 3.89. The molecule has 0 saturated heterocycles. The van der Waals surface area contributed by atoms with E-state index < -0.39 is 5.97 Å². The van der Waals surface area contributed by atoms with E-state index in [-0.39, 0.29) is 31.0 Å². The van der Waals surface area contributed by atoms with Gasteiger partial charge in [-0.1, -0.05) is 33.3 Å². The number of carbonyl (C=O) groups excluding carboxylic acids is 2. The second-order valence-electron chi connectivity index (χ2n) is 5.20. The van der Waals surface area contributed by atoms with E-state index in [1.807, 2.05) is 27.7 Å². The molecule has 0 radical (unpaired) electrons. The first-order valence-electron chi connectivity index (χ1n) is 7.48. The zero-order chi connectivity index (χ0) is 15.5. The molecule has 0 rings (SSSR count). The molecule has 0 fully saturated rings. The van der Waals surface area contributed by atoms with Crippen molar-refractivity contribution >= 4 is 11.9 Å². The summed E-state index contributed by atoms with van der Waals surface area (Å²) in [6, 6.07) is 0. The Hall–Kier alpha value is -1.32. The molecule has 116 valence electrons. The van der Waals surface area contributed by atoms with Crippen molar-refractivity contribution in [3.63, 3.8) is 0 Å². The Morgan fingerprint density at radius 3 is 1.95 bits per heavy atom. The van der Waals surface area contributed by atoms with Crippen LogP contribution in [0, 0.1) is 0 Å². The molecule has 2 unspecified atom stereocenters. The molecular weight excluding hydrogens is 256 g/mol. The molecule has 2 atom stereocenters. The average molecular weight is 284 g/mol. The topological polar surface area (TPSA) is 52.6 Å². The van der Waals surface area contributed by atoms with Gasteiger partial charge in [0, 0.05) is 12.0 Å². The van der Waals surface area contributed by atoms with Gasteiger partial charge in [0.15, 0.2) is 0 Å². The monoisotopic (exact) mass is 284 g/mol. The van der Waals surface area contributed by atoms with Gasteiger partial charge < -0.3 is 9.47 Å². The van der Waals surface area contributed by atoms with Crippen LogP contribution < -0.4 is 0 Å². The fourth-order valence-electron chi connectivity index (χ4n) is 1.84. The van der Waals surface area contributed by atoms with E-state index in [1.165, 1.54) is 0 Å². The molecule has 4 heteroatoms. The largest absolute Gasteiger partial charge is 0.463 e. The van der Waals surface area contributed by atoms with Crippen molar-refractivity contribution in [2.45, 2.75) is 78.4 Å². The Kier molecular flexibility index (Phi) is 9.77. The van der Waals surface area contributed by atoms with Crippen molar-refractivity contribution < 1.29 is 19.1 Å². The summed E-state index contributed by atoms with van der Waals surface area (Å²) in [5, 5.41) is 0. The first kappa shape index (κ1) is 18.7. The van der Waals surface area contributed by atoms with Gasteiger partial charge in [-0.05, 0) is 33.1 Å². The summed E-state index contributed by atoms with van der Waals surface area (Å²) >= 11 is 0. The lowest BCUT2D eigenvalue weighted by Gasteiger charge is -2.14. The molecule has 0 aliphatic heterocycles. The third-order valence-corrected chi connectivity index (χ3v) is 2.95. The fourth-order valence-corrected chi connectivity index (χ4v) is 1.84. The van der Waals surface area contributed by atoms with E-state index >= 15 is 0 Å². The molecule has 0 saturated carbocycles. The maximum Gasteiger partial charge on any atom is 0.333 e. The Balaban J connectivity index is 3.97. The highest BCUT2D eigenvalue weighted by molar-refractivity contribution is 5.88. The molecule has 0 aliphatic carbocycles. The lowest BCUT2D eigenvalue weighted by atomic mass is 10.1. The highest BCUT2D eigenvalue weighted by Crippen LogP contribution is 2.11. The van der Waals surface area contributed by atoms with E-state index in [0.29, 0.717) is 5.57 Å². The number of carbonyl (C=O) groups is 2. The van der Waals surface area contributed by atoms with Crippen LogP contribution in [0.2, 0.25) is 0 Å². The normalized spacial score (nSPS) is 13.4. The summed E-state index contributed by atoms with van der Waals surface area (Å²) in [5.41, 5.74) is 0.327. The molecule has 0 N–H and O–H groups in total. The average Bonchev–Trinajstić information content (AvgIpc) is 2.36. The van der Waals surface area contributed by atoms with Crippen molar-refractivity contribution in [2.75, 3.05) is 0 Å². The number of ether oxygens (including phenoxy) is 2. The number of hydrogen-bond donors (Lipinski definition) is 0. The van der Waals surface area contributed by atoms with Crippen LogP contribution in [0.5, 0.6) is 0 Å². The first-order valence-corrected chi connectivity index (χ1v) is 7.48. The van der Waals surface area contributed by atoms with Crippen molar-refractivity contribution in [3.8, 4) is 0 Å². The standard InChI is InChI=1S/C16H28O4/c1-6-8-13(4)19-15(17)11-10-12(3)16(18)20-14(5)9-7-2/h13-14H,3,6-11H2,1-2,4-5H3. The summed E-state index contributed by atoms with van der Waals surface area (Å²) in [5.74, 6) is -0.707. The van der Waals surface area contributed by atoms with Crippen LogP contribution in [0.15, 0.2) is 12.2 Å². The van der Waals surface area contributed by atoms with Gasteiger partial charge in [0.05, 0.1) is 12.2 Å². The highest BCUT2D eigenvalue weighted by Gasteiger charge is 2.15. The SMILES string of the molecule is C=C(CCC(=O)OC(C)CCC)C(=O)OC(C)CCC. The third kappa shape index (κ3) is 8.73. The van der Waals surface area contributed by atoms with E-state index in [2.05, 4.69) is 6.58 Å². The Morgan fingerprint density at radius 1 is 0.950 bits per heavy atom. The van der Waals surface area contributed by atoms with Crippen LogP contribution >= 0.6 is 0 Å². The molecule has 0 spiro atoms. The predicted molar refractivity (Wildman–Crippen MR) is 79.3 cm³/mol. The van der Waals surface area contributed by atoms with Gasteiger partial charge in [-0.15, -0.1) is 0 Å². The van der Waals surface area contributed by atoms with E-state index in [0.717, 1.165) is 25.7 Å². The molecule has 0 aliphatic rings. The smallest absolute Gasteiger partial charge is 0.333 e. The van der Waals surface area contributed by atoms with Crippen LogP contribution in [0.4, 0.5) is 0 Å². The molecule has 0 aromatic rings. The van der Waals surface area contributed by atoms with Crippen LogP contribution in [0.3, 0.4) is 0 Å². The molecule has 4 nitrogen and oxygen atoms in total. The quantitative estimate of drug-likeness (QED) is 0.452. The summed E-state index contributed by atoms with van der Waals surface area (Å²) in [6.45, 7) is 11.5. The highest BCUT2D eigenvalue weighted by atomic mass is 16.5. The van der Waals surface area contributed by atoms with Crippen molar-refractivity contribution in [2.24, 2.45) is 0 Å². The minimum Gasteiger partial charge on any atom is -0.463 e. The summed E-state index contributed by atoms with van der Waals surface area (Å²) < 4.78 is 10.4. The van der Waals surface area contributed by atoms with Gasteiger partial charge in [-0.3, -0.25) is 4.79 Å². The maximum absolute atomic E-state index is 11.7. The second kappa shape index (κ2) is 10.5. The zero-order valence-corrected chi connectivity index (χ0v) is 13.2. The van der Waals surface area contributed by atoms with Gasteiger partial charge in [0.2, 0.25) is 0 Å². The summed E-state index contributed by atoms with van der Waals surface area (Å²) in [7, 11) is 0. The van der Waals surface area contributed by atoms with Crippen LogP contribution in [0.1, 0.15) is 66.2 Å². The zero-order valence-electron chi connectivity index (χ0n) is 13.2. The van der Waals surface area contributed by atoms with Crippen LogP contribution in [-0.2, 0) is 19.1 Å². The molecule has 0 aromatic heterocycles. The van der Waals surface area contributed by atoms with E-state index in [4.69, 9.17) is 9.47 Å². The Labute approximate surface area is 122 Å². The number of hydrogen-bond acceptors (Lipinski definition) is 4. The summed E-state index contributed by atoms with van der Waals surface area (Å²) in [4.78, 5) is 23.3. The van der Waals surface area contributed by atoms with Gasteiger partial charge in [-0.25, -0.2) is 4.79 Å². The van der Waals surface area contributed by atoms with E-state index in [1.54, 1.807) is 0 Å². The third-order valence-electron chi connectivity index (χ3n) is 2.95. The van der Waals surface area contributed by atoms with Crippen LogP contribution in [0.25, 0.3) is 0 Å². The Bertz CT molecular complexity index is 322. The molecular formula is C16H28O4. The molecule has 0 amide bonds. The fraction of sp³-hybridized carbons (Fsp3) is 0.750. The number of rotatable bonds is 10. The van der Waals surface area contributed by atoms with E-state index in [9.17, 15) is 9.59 Å². The van der Waals surface area contributed by atoms with Crippen molar-refractivity contribution in [1.82, 2.24) is 0 Å². The van der Waals surface area contributed by atoms with Crippen LogP contribution in [-0.4, -0.2) is 24.1 Å². The predicted octanol–water partition coefficient (Wildman–Crippen LogP) is 3.79. The second-order valence-corrected chi connectivity index (χ2v) is 5.20. The Morgan fingerprint density at radius 2 is 1.45 bits per heavy atom. The van der Waals surface area contributed by atoms with Crippen molar-refractivity contribution in [3.05, 3.63) is 12.2 Å². The first-order chi connectivity index (χ1) is 9.40. The van der Waals surface area contributed by atoms with Gasteiger partial charge in [0.1, 0.15) is 0 Å².